The van der Waals surface area contributed by atoms with Crippen molar-refractivity contribution < 1.29 is 13.2 Å². The minimum Gasteiger partial charge on any atom is -0.349 e. The number of nitrogens with zero attached hydrogens (tertiary/aromatic N) is 1. The minimum atomic E-state index is -3.65. The number of hydrogen-bond acceptors (Lipinski definition) is 4. The Morgan fingerprint density at radius 1 is 1.00 bits per heavy atom. The number of amides is 1. The van der Waals surface area contributed by atoms with Crippen LogP contribution >= 0.6 is 11.3 Å². The molecule has 3 aromatic rings. The summed E-state index contributed by atoms with van der Waals surface area (Å²) in [6.07, 6.45) is 6.92. The first-order chi connectivity index (χ1) is 14.8. The van der Waals surface area contributed by atoms with Crippen molar-refractivity contribution in [2.45, 2.75) is 56.4 Å². The predicted molar refractivity (Wildman–Crippen MR) is 128 cm³/mol. The first-order valence-electron chi connectivity index (χ1n) is 10.7. The van der Waals surface area contributed by atoms with Gasteiger partial charge in [0.1, 0.15) is 0 Å². The van der Waals surface area contributed by atoms with Gasteiger partial charge >= 0.3 is 0 Å². The lowest BCUT2D eigenvalue weighted by Crippen LogP contribution is -2.33. The van der Waals surface area contributed by atoms with E-state index in [4.69, 9.17) is 0 Å². The third-order valence-corrected chi connectivity index (χ3v) is 8.87. The van der Waals surface area contributed by atoms with Gasteiger partial charge in [-0.05, 0) is 61.5 Å². The number of benzene rings is 2. The van der Waals surface area contributed by atoms with Crippen molar-refractivity contribution in [2.75, 3.05) is 11.4 Å². The van der Waals surface area contributed by atoms with Crippen LogP contribution in [0.5, 0.6) is 0 Å². The zero-order valence-electron chi connectivity index (χ0n) is 17.9. The molecule has 1 aliphatic rings. The molecule has 2 aromatic carbocycles. The predicted octanol–water partition coefficient (Wildman–Crippen LogP) is 5.49. The SMILES string of the molecule is Cc1ccc(S(=O)(=O)N(C)c2ccc3sc(C(=O)NC4CCCCCC4)cc3c2)cc1. The molecule has 0 bridgehead atoms. The molecule has 0 spiro atoms. The van der Waals surface area contributed by atoms with Gasteiger partial charge in [-0.2, -0.15) is 0 Å². The van der Waals surface area contributed by atoms with E-state index in [1.165, 1.54) is 41.3 Å². The van der Waals surface area contributed by atoms with Crippen molar-refractivity contribution in [3.8, 4) is 0 Å². The van der Waals surface area contributed by atoms with Crippen LogP contribution in [0.4, 0.5) is 5.69 Å². The average molecular weight is 457 g/mol. The second kappa shape index (κ2) is 9.01. The number of sulfonamides is 1. The number of carbonyl (C=O) groups excluding carboxylic acids is 1. The van der Waals surface area contributed by atoms with Gasteiger partial charge in [0, 0.05) is 17.8 Å². The molecule has 164 valence electrons. The van der Waals surface area contributed by atoms with E-state index in [0.717, 1.165) is 28.5 Å². The van der Waals surface area contributed by atoms with Crippen molar-refractivity contribution in [3.63, 3.8) is 0 Å². The largest absolute Gasteiger partial charge is 0.349 e. The monoisotopic (exact) mass is 456 g/mol. The molecule has 4 rings (SSSR count). The molecular weight excluding hydrogens is 428 g/mol. The van der Waals surface area contributed by atoms with Gasteiger partial charge in [-0.15, -0.1) is 11.3 Å². The number of rotatable bonds is 5. The van der Waals surface area contributed by atoms with Crippen LogP contribution in [0.1, 0.15) is 53.8 Å². The number of nitrogens with one attached hydrogen (secondary N) is 1. The molecule has 1 N–H and O–H groups in total. The molecule has 1 aromatic heterocycles. The number of thiophene rings is 1. The Kier molecular flexibility index (Phi) is 6.34. The lowest BCUT2D eigenvalue weighted by Gasteiger charge is -2.19. The standard InChI is InChI=1S/C24H28N2O3S2/c1-17-9-12-21(13-10-17)31(28,29)26(2)20-11-14-22-18(15-20)16-23(30-22)24(27)25-19-7-5-3-4-6-8-19/h9-16,19H,3-8H2,1-2H3,(H,25,27). The Morgan fingerprint density at radius 2 is 1.68 bits per heavy atom. The first-order valence-corrected chi connectivity index (χ1v) is 13.0. The first kappa shape index (κ1) is 21.8. The van der Waals surface area contributed by atoms with Gasteiger partial charge in [-0.25, -0.2) is 8.42 Å². The molecule has 0 atom stereocenters. The third kappa shape index (κ3) is 4.77. The summed E-state index contributed by atoms with van der Waals surface area (Å²) in [4.78, 5) is 13.7. The van der Waals surface area contributed by atoms with Crippen LogP contribution in [0.15, 0.2) is 53.4 Å². The van der Waals surface area contributed by atoms with Crippen molar-refractivity contribution >= 4 is 43.0 Å². The molecule has 31 heavy (non-hydrogen) atoms. The topological polar surface area (TPSA) is 66.5 Å². The third-order valence-electron chi connectivity index (χ3n) is 5.96. The van der Waals surface area contributed by atoms with Crippen LogP contribution < -0.4 is 9.62 Å². The van der Waals surface area contributed by atoms with Gasteiger partial charge in [0.2, 0.25) is 0 Å². The van der Waals surface area contributed by atoms with Crippen molar-refractivity contribution in [1.82, 2.24) is 5.32 Å². The summed E-state index contributed by atoms with van der Waals surface area (Å²) >= 11 is 1.45. The second-order valence-corrected chi connectivity index (χ2v) is 11.3. The highest BCUT2D eigenvalue weighted by atomic mass is 32.2. The smallest absolute Gasteiger partial charge is 0.264 e. The quantitative estimate of drug-likeness (QED) is 0.517. The molecule has 1 heterocycles. The Labute approximate surface area is 188 Å². The maximum Gasteiger partial charge on any atom is 0.264 e. The number of fused-ring (bicyclic) bond motifs is 1. The van der Waals surface area contributed by atoms with Crippen LogP contribution in [-0.2, 0) is 10.0 Å². The molecule has 1 saturated carbocycles. The van der Waals surface area contributed by atoms with Gasteiger partial charge < -0.3 is 5.32 Å². The molecule has 1 aliphatic carbocycles. The molecule has 1 amide bonds. The highest BCUT2D eigenvalue weighted by Crippen LogP contribution is 2.31. The van der Waals surface area contributed by atoms with Crippen molar-refractivity contribution in [3.05, 3.63) is 59.0 Å². The van der Waals surface area contributed by atoms with Gasteiger partial charge in [0.05, 0.1) is 15.5 Å². The van der Waals surface area contributed by atoms with E-state index in [2.05, 4.69) is 5.32 Å². The molecular formula is C24H28N2O3S2. The summed E-state index contributed by atoms with van der Waals surface area (Å²) in [5.74, 6) is -0.0321. The van der Waals surface area contributed by atoms with Gasteiger partial charge in [-0.3, -0.25) is 9.10 Å². The van der Waals surface area contributed by atoms with E-state index in [0.29, 0.717) is 10.6 Å². The lowest BCUT2D eigenvalue weighted by atomic mass is 10.1. The Hall–Kier alpha value is -2.38. The number of carbonyl (C=O) groups is 1. The second-order valence-electron chi connectivity index (χ2n) is 8.28. The summed E-state index contributed by atoms with van der Waals surface area (Å²) in [5, 5.41) is 4.06. The van der Waals surface area contributed by atoms with Crippen LogP contribution in [0.2, 0.25) is 0 Å². The maximum atomic E-state index is 13.0. The van der Waals surface area contributed by atoms with Crippen LogP contribution in [0, 0.1) is 6.92 Å². The summed E-state index contributed by atoms with van der Waals surface area (Å²) in [6, 6.07) is 14.5. The molecule has 5 nitrogen and oxygen atoms in total. The molecule has 0 radical (unpaired) electrons. The molecule has 0 unspecified atom stereocenters. The van der Waals surface area contributed by atoms with Crippen molar-refractivity contribution in [2.24, 2.45) is 0 Å². The maximum absolute atomic E-state index is 13.0. The number of anilines is 1. The zero-order valence-corrected chi connectivity index (χ0v) is 19.6. The van der Waals surface area contributed by atoms with E-state index >= 15 is 0 Å². The summed E-state index contributed by atoms with van der Waals surface area (Å²) < 4.78 is 28.3. The van der Waals surface area contributed by atoms with Gasteiger partial charge in [0.15, 0.2) is 0 Å². The number of hydrogen-bond donors (Lipinski definition) is 1. The Morgan fingerprint density at radius 3 is 2.35 bits per heavy atom. The fourth-order valence-corrected chi connectivity index (χ4v) is 6.16. The summed E-state index contributed by atoms with van der Waals surface area (Å²) in [7, 11) is -2.09. The molecule has 0 saturated heterocycles. The fourth-order valence-electron chi connectivity index (χ4n) is 4.03. The summed E-state index contributed by atoms with van der Waals surface area (Å²) in [6.45, 7) is 1.92. The van der Waals surface area contributed by atoms with Crippen LogP contribution in [-0.4, -0.2) is 27.4 Å². The summed E-state index contributed by atoms with van der Waals surface area (Å²) in [5.41, 5.74) is 1.58. The zero-order chi connectivity index (χ0) is 22.0. The van der Waals surface area contributed by atoms with E-state index in [-0.39, 0.29) is 16.8 Å². The van der Waals surface area contributed by atoms with Gasteiger partial charge in [-0.1, -0.05) is 43.4 Å². The average Bonchev–Trinajstić information content (AvgIpc) is 3.02. The molecule has 1 fully saturated rings. The molecule has 7 heteroatoms. The number of aryl methyl sites for hydroxylation is 1. The fraction of sp³-hybridized carbons (Fsp3) is 0.375. The van der Waals surface area contributed by atoms with E-state index < -0.39 is 10.0 Å². The highest BCUT2D eigenvalue weighted by Gasteiger charge is 2.22. The van der Waals surface area contributed by atoms with Gasteiger partial charge in [0.25, 0.3) is 15.9 Å². The van der Waals surface area contributed by atoms with Crippen LogP contribution in [0.3, 0.4) is 0 Å². The normalized spacial score (nSPS) is 15.5. The minimum absolute atomic E-state index is 0.0321. The highest BCUT2D eigenvalue weighted by molar-refractivity contribution is 7.92. The van der Waals surface area contributed by atoms with E-state index in [1.54, 1.807) is 37.4 Å². The van der Waals surface area contributed by atoms with E-state index in [9.17, 15) is 13.2 Å². The lowest BCUT2D eigenvalue weighted by molar-refractivity contribution is 0.0937. The molecule has 0 aliphatic heterocycles. The Bertz CT molecular complexity index is 1180. The Balaban J connectivity index is 1.55. The van der Waals surface area contributed by atoms with Crippen molar-refractivity contribution in [1.29, 1.82) is 0 Å². The van der Waals surface area contributed by atoms with E-state index in [1.807, 2.05) is 25.1 Å². The van der Waals surface area contributed by atoms with Crippen LogP contribution in [0.25, 0.3) is 10.1 Å².